The maximum absolute atomic E-state index is 14.7. The number of benzene rings is 1. The molecule has 2 fully saturated rings. The molecule has 1 aliphatic carbocycles. The van der Waals surface area contributed by atoms with Crippen LogP contribution < -0.4 is 10.9 Å². The van der Waals surface area contributed by atoms with E-state index in [2.05, 4.69) is 20.2 Å². The Bertz CT molecular complexity index is 1490. The molecule has 7 nitrogen and oxygen atoms in total. The zero-order chi connectivity index (χ0) is 23.9. The van der Waals surface area contributed by atoms with Crippen molar-refractivity contribution in [2.45, 2.75) is 32.4 Å². The van der Waals surface area contributed by atoms with Crippen molar-refractivity contribution in [2.24, 2.45) is 11.8 Å². The van der Waals surface area contributed by atoms with Gasteiger partial charge in [-0.15, -0.1) is 0 Å². The van der Waals surface area contributed by atoms with Crippen LogP contribution in [-0.2, 0) is 13.1 Å². The van der Waals surface area contributed by atoms with Crippen LogP contribution in [0.25, 0.3) is 16.6 Å². The molecule has 35 heavy (non-hydrogen) atoms. The molecule has 6 rings (SSSR count). The smallest absolute Gasteiger partial charge is 0.270 e. The molecule has 4 aromatic rings. The number of amides is 1. The second kappa shape index (κ2) is 8.85. The van der Waals surface area contributed by atoms with Crippen LogP contribution in [0.3, 0.4) is 0 Å². The normalized spacial score (nSPS) is 19.9. The Morgan fingerprint density at radius 3 is 2.71 bits per heavy atom. The summed E-state index contributed by atoms with van der Waals surface area (Å²) in [5.41, 5.74) is 2.23. The number of rotatable bonds is 5. The summed E-state index contributed by atoms with van der Waals surface area (Å²) in [6, 6.07) is 13.8. The van der Waals surface area contributed by atoms with Crippen molar-refractivity contribution < 1.29 is 9.18 Å². The van der Waals surface area contributed by atoms with E-state index in [9.17, 15) is 14.0 Å². The minimum Gasteiger partial charge on any atom is -0.347 e. The minimum absolute atomic E-state index is 0.0726. The number of nitrogens with one attached hydrogen (secondary N) is 1. The average molecular weight is 472 g/mol. The Hall–Kier alpha value is -3.65. The predicted molar refractivity (Wildman–Crippen MR) is 130 cm³/mol. The van der Waals surface area contributed by atoms with Gasteiger partial charge in [0, 0.05) is 49.4 Å². The fourth-order valence-electron chi connectivity index (χ4n) is 5.61. The summed E-state index contributed by atoms with van der Waals surface area (Å²) in [5, 5.41) is 3.67. The Labute approximate surface area is 201 Å². The summed E-state index contributed by atoms with van der Waals surface area (Å²) in [5.74, 6) is 0.681. The van der Waals surface area contributed by atoms with E-state index >= 15 is 0 Å². The van der Waals surface area contributed by atoms with Gasteiger partial charge < -0.3 is 5.32 Å². The number of aromatic nitrogens is 3. The molecule has 1 saturated heterocycles. The van der Waals surface area contributed by atoms with E-state index in [1.165, 1.54) is 29.7 Å². The van der Waals surface area contributed by atoms with Gasteiger partial charge in [0.15, 0.2) is 0 Å². The van der Waals surface area contributed by atoms with Crippen LogP contribution in [0.4, 0.5) is 4.39 Å². The first kappa shape index (κ1) is 21.9. The third-order valence-electron chi connectivity index (χ3n) is 7.36. The lowest BCUT2D eigenvalue weighted by molar-refractivity contribution is 0.0946. The first-order valence-electron chi connectivity index (χ1n) is 12.1. The van der Waals surface area contributed by atoms with Gasteiger partial charge in [0.05, 0.1) is 5.52 Å². The first-order chi connectivity index (χ1) is 17.0. The lowest BCUT2D eigenvalue weighted by Crippen LogP contribution is -2.26. The van der Waals surface area contributed by atoms with Crippen molar-refractivity contribution in [1.29, 1.82) is 0 Å². The first-order valence-corrected chi connectivity index (χ1v) is 12.1. The largest absolute Gasteiger partial charge is 0.347 e. The number of carbonyl (C=O) groups is 1. The van der Waals surface area contributed by atoms with E-state index in [0.29, 0.717) is 23.3 Å². The Kier molecular flexibility index (Phi) is 5.53. The summed E-state index contributed by atoms with van der Waals surface area (Å²) >= 11 is 0. The van der Waals surface area contributed by atoms with Crippen molar-refractivity contribution in [3.8, 4) is 0 Å². The molecule has 2 unspecified atom stereocenters. The minimum atomic E-state index is -0.425. The molecule has 4 heterocycles. The average Bonchev–Trinajstić information content (AvgIpc) is 3.45. The number of pyridine rings is 2. The number of hydrogen-bond acceptors (Lipinski definition) is 5. The Morgan fingerprint density at radius 1 is 1.06 bits per heavy atom. The third-order valence-corrected chi connectivity index (χ3v) is 7.36. The molecule has 1 amide bonds. The summed E-state index contributed by atoms with van der Waals surface area (Å²) in [6.45, 7) is 2.92. The highest BCUT2D eigenvalue weighted by Crippen LogP contribution is 2.38. The molecule has 0 bridgehead atoms. The molecule has 2 aliphatic rings. The fraction of sp³-hybridized carbons (Fsp3) is 0.333. The van der Waals surface area contributed by atoms with Crippen LogP contribution in [0.5, 0.6) is 0 Å². The van der Waals surface area contributed by atoms with Gasteiger partial charge in [0.1, 0.15) is 11.3 Å². The van der Waals surface area contributed by atoms with Crippen molar-refractivity contribution in [2.75, 3.05) is 13.1 Å². The number of fused-ring (bicyclic) bond motifs is 3. The molecule has 1 saturated carbocycles. The Balaban J connectivity index is 1.17. The van der Waals surface area contributed by atoms with Crippen LogP contribution in [0, 0.1) is 17.8 Å². The maximum Gasteiger partial charge on any atom is 0.270 e. The van der Waals surface area contributed by atoms with Crippen molar-refractivity contribution in [3.63, 3.8) is 0 Å². The van der Waals surface area contributed by atoms with E-state index < -0.39 is 11.9 Å². The van der Waals surface area contributed by atoms with E-state index in [1.54, 1.807) is 30.5 Å². The third kappa shape index (κ3) is 4.30. The van der Waals surface area contributed by atoms with Gasteiger partial charge in [0.2, 0.25) is 5.95 Å². The summed E-state index contributed by atoms with van der Waals surface area (Å²) in [7, 11) is 0. The van der Waals surface area contributed by atoms with Gasteiger partial charge in [0.25, 0.3) is 11.5 Å². The number of hydrogen-bond donors (Lipinski definition) is 1. The lowest BCUT2D eigenvalue weighted by atomic mass is 10.0. The summed E-state index contributed by atoms with van der Waals surface area (Å²) < 4.78 is 16.1. The maximum atomic E-state index is 14.7. The Morgan fingerprint density at radius 2 is 1.89 bits per heavy atom. The quantitative estimate of drug-likeness (QED) is 0.451. The van der Waals surface area contributed by atoms with Crippen LogP contribution in [-0.4, -0.2) is 38.3 Å². The molecule has 1 aliphatic heterocycles. The number of likely N-dealkylation sites (tertiary alicyclic amines) is 1. The van der Waals surface area contributed by atoms with Crippen LogP contribution in [0.1, 0.15) is 40.9 Å². The molecule has 178 valence electrons. The van der Waals surface area contributed by atoms with E-state index in [1.807, 2.05) is 18.2 Å². The molecule has 1 aromatic carbocycles. The van der Waals surface area contributed by atoms with Gasteiger partial charge in [-0.2, -0.15) is 4.39 Å². The SMILES string of the molecule is O=C(NCc1ccc2nc(F)c(CN3CC4CCCC4C3)cc2c1)c1cc(=O)n2ccccc2n1. The molecule has 0 radical (unpaired) electrons. The van der Waals surface area contributed by atoms with Gasteiger partial charge in [-0.25, -0.2) is 9.97 Å². The molecule has 3 aromatic heterocycles. The molecule has 1 N–H and O–H groups in total. The fourth-order valence-corrected chi connectivity index (χ4v) is 5.61. The second-order valence-corrected chi connectivity index (χ2v) is 9.70. The summed E-state index contributed by atoms with van der Waals surface area (Å²) in [4.78, 5) is 35.7. The molecular weight excluding hydrogens is 445 g/mol. The van der Waals surface area contributed by atoms with Gasteiger partial charge >= 0.3 is 0 Å². The van der Waals surface area contributed by atoms with Gasteiger partial charge in [-0.3, -0.25) is 18.9 Å². The molecular formula is C27H26FN5O2. The highest BCUT2D eigenvalue weighted by Gasteiger charge is 2.36. The number of nitrogens with zero attached hydrogens (tertiary/aromatic N) is 4. The van der Waals surface area contributed by atoms with E-state index in [4.69, 9.17) is 0 Å². The topological polar surface area (TPSA) is 79.6 Å². The van der Waals surface area contributed by atoms with Crippen LogP contribution >= 0.6 is 0 Å². The van der Waals surface area contributed by atoms with E-state index in [0.717, 1.165) is 35.9 Å². The molecule has 2 atom stereocenters. The standard InChI is InChI=1S/C27H26FN5O2/c28-26-21(16-32-14-18-4-3-5-19(18)15-32)11-20-10-17(7-8-22(20)31-26)13-29-27(35)23-12-25(34)33-9-2-1-6-24(33)30-23/h1-2,6-12,18-19H,3-5,13-16H2,(H,29,35). The second-order valence-electron chi connectivity index (χ2n) is 9.70. The van der Waals surface area contributed by atoms with Gasteiger partial charge in [-0.1, -0.05) is 18.6 Å². The van der Waals surface area contributed by atoms with Gasteiger partial charge in [-0.05, 0) is 60.6 Å². The zero-order valence-electron chi connectivity index (χ0n) is 19.3. The van der Waals surface area contributed by atoms with E-state index in [-0.39, 0.29) is 17.8 Å². The summed E-state index contributed by atoms with van der Waals surface area (Å²) in [6.07, 6.45) is 5.51. The number of carbonyl (C=O) groups excluding carboxylic acids is 1. The highest BCUT2D eigenvalue weighted by atomic mass is 19.1. The molecule has 8 heteroatoms. The van der Waals surface area contributed by atoms with Crippen molar-refractivity contribution >= 4 is 22.5 Å². The monoisotopic (exact) mass is 471 g/mol. The van der Waals surface area contributed by atoms with Crippen LogP contribution in [0.2, 0.25) is 0 Å². The predicted octanol–water partition coefficient (Wildman–Crippen LogP) is 3.54. The van der Waals surface area contributed by atoms with Crippen molar-refractivity contribution in [1.82, 2.24) is 24.6 Å². The highest BCUT2D eigenvalue weighted by molar-refractivity contribution is 5.92. The van der Waals surface area contributed by atoms with Crippen molar-refractivity contribution in [3.05, 3.63) is 87.9 Å². The zero-order valence-corrected chi connectivity index (χ0v) is 19.3. The van der Waals surface area contributed by atoms with Crippen LogP contribution in [0.15, 0.2) is 59.5 Å². The number of halogens is 1. The molecule has 0 spiro atoms. The lowest BCUT2D eigenvalue weighted by Gasteiger charge is -2.17.